The Morgan fingerprint density at radius 1 is 1.05 bits per heavy atom. The molecule has 0 aliphatic heterocycles. The fraction of sp³-hybridized carbons (Fsp3) is 0.316. The molecule has 0 heterocycles. The quantitative estimate of drug-likeness (QED) is 0.761. The molecule has 21 heavy (non-hydrogen) atoms. The number of aryl methyl sites for hydroxylation is 2. The normalized spacial score (nSPS) is 13.0. The third kappa shape index (κ3) is 3.15. The van der Waals surface area contributed by atoms with Crippen LogP contribution in [0.15, 0.2) is 42.5 Å². The summed E-state index contributed by atoms with van der Waals surface area (Å²) < 4.78 is 5.81. The van der Waals surface area contributed by atoms with Crippen LogP contribution in [0.5, 0.6) is 5.75 Å². The Hall–Kier alpha value is -2.09. The molecule has 0 aromatic heterocycles. The second-order valence-electron chi connectivity index (χ2n) is 5.55. The summed E-state index contributed by atoms with van der Waals surface area (Å²) in [5.74, 6) is 0.975. The fourth-order valence-electron chi connectivity index (χ4n) is 2.82. The van der Waals surface area contributed by atoms with Crippen molar-refractivity contribution in [1.29, 1.82) is 0 Å². The Morgan fingerprint density at radius 2 is 1.81 bits per heavy atom. The zero-order valence-electron chi connectivity index (χ0n) is 12.4. The van der Waals surface area contributed by atoms with Crippen molar-refractivity contribution < 1.29 is 9.53 Å². The van der Waals surface area contributed by atoms with E-state index in [-0.39, 0.29) is 5.78 Å². The maximum absolute atomic E-state index is 11.6. The van der Waals surface area contributed by atoms with Gasteiger partial charge in [0.05, 0.1) is 0 Å². The van der Waals surface area contributed by atoms with Crippen molar-refractivity contribution in [2.45, 2.75) is 39.2 Å². The third-order valence-corrected chi connectivity index (χ3v) is 4.07. The molecular weight excluding hydrogens is 260 g/mol. The molecule has 0 spiro atoms. The first-order valence-corrected chi connectivity index (χ1v) is 7.63. The van der Waals surface area contributed by atoms with Gasteiger partial charge in [0.15, 0.2) is 5.78 Å². The van der Waals surface area contributed by atoms with Crippen LogP contribution in [0.4, 0.5) is 0 Å². The highest BCUT2D eigenvalue weighted by atomic mass is 16.5. The van der Waals surface area contributed by atoms with E-state index in [0.717, 1.165) is 11.3 Å². The molecule has 3 rings (SSSR count). The molecule has 0 N–H and O–H groups in total. The summed E-state index contributed by atoms with van der Waals surface area (Å²) in [5.41, 5.74) is 4.92. The van der Waals surface area contributed by atoms with Gasteiger partial charge in [0.1, 0.15) is 12.4 Å². The fourth-order valence-corrected chi connectivity index (χ4v) is 2.82. The Bertz CT molecular complexity index is 641. The first-order chi connectivity index (χ1) is 10.3. The average Bonchev–Trinajstić information content (AvgIpc) is 3.00. The smallest absolute Gasteiger partial charge is 0.162 e. The Balaban J connectivity index is 1.63. The third-order valence-electron chi connectivity index (χ3n) is 4.07. The summed E-state index contributed by atoms with van der Waals surface area (Å²) in [6.45, 7) is 2.45. The number of carbonyl (C=O) groups is 1. The van der Waals surface area contributed by atoms with E-state index in [4.69, 9.17) is 4.74 Å². The molecule has 2 aromatic carbocycles. The molecule has 0 amide bonds. The van der Waals surface area contributed by atoms with Crippen molar-refractivity contribution in [1.82, 2.24) is 0 Å². The number of hydrogen-bond donors (Lipinski definition) is 0. The van der Waals surface area contributed by atoms with E-state index in [0.29, 0.717) is 13.0 Å². The van der Waals surface area contributed by atoms with E-state index in [1.807, 2.05) is 31.2 Å². The first-order valence-electron chi connectivity index (χ1n) is 7.63. The van der Waals surface area contributed by atoms with Gasteiger partial charge < -0.3 is 4.74 Å². The van der Waals surface area contributed by atoms with Crippen LogP contribution in [0.1, 0.15) is 46.8 Å². The topological polar surface area (TPSA) is 26.3 Å². The summed E-state index contributed by atoms with van der Waals surface area (Å²) in [7, 11) is 0. The standard InChI is InChI=1S/C19H20O2/c1-2-19(20)16-8-10-18(11-9-16)21-13-14-6-7-15-4-3-5-17(15)12-14/h6-12H,2-5,13H2,1H3. The lowest BCUT2D eigenvalue weighted by Gasteiger charge is -2.08. The van der Waals surface area contributed by atoms with E-state index in [1.165, 1.54) is 36.0 Å². The summed E-state index contributed by atoms with van der Waals surface area (Å²) in [6.07, 6.45) is 4.21. The average molecular weight is 280 g/mol. The van der Waals surface area contributed by atoms with Crippen LogP contribution in [0.25, 0.3) is 0 Å². The molecule has 108 valence electrons. The van der Waals surface area contributed by atoms with Crippen molar-refractivity contribution >= 4 is 5.78 Å². The van der Waals surface area contributed by atoms with Crippen LogP contribution in [-0.2, 0) is 19.4 Å². The Labute approximate surface area is 125 Å². The number of ether oxygens (including phenoxy) is 1. The zero-order valence-corrected chi connectivity index (χ0v) is 12.4. The molecule has 0 fully saturated rings. The molecule has 0 unspecified atom stereocenters. The van der Waals surface area contributed by atoms with E-state index in [2.05, 4.69) is 18.2 Å². The number of benzene rings is 2. The van der Waals surface area contributed by atoms with Crippen LogP contribution in [0.3, 0.4) is 0 Å². The second kappa shape index (κ2) is 6.13. The maximum Gasteiger partial charge on any atom is 0.162 e. The summed E-state index contributed by atoms with van der Waals surface area (Å²) >= 11 is 0. The molecular formula is C19H20O2. The molecule has 1 aliphatic rings. The molecule has 2 aromatic rings. The van der Waals surface area contributed by atoms with Crippen molar-refractivity contribution in [2.75, 3.05) is 0 Å². The van der Waals surface area contributed by atoms with E-state index in [1.54, 1.807) is 0 Å². The molecule has 0 saturated heterocycles. The lowest BCUT2D eigenvalue weighted by atomic mass is 10.1. The molecule has 1 aliphatic carbocycles. The number of carbonyl (C=O) groups excluding carboxylic acids is 1. The van der Waals surface area contributed by atoms with Gasteiger partial charge in [0, 0.05) is 12.0 Å². The van der Waals surface area contributed by atoms with E-state index >= 15 is 0 Å². The van der Waals surface area contributed by atoms with Crippen molar-refractivity contribution in [3.8, 4) is 5.75 Å². The largest absolute Gasteiger partial charge is 0.489 e. The summed E-state index contributed by atoms with van der Waals surface area (Å²) in [5, 5.41) is 0. The van der Waals surface area contributed by atoms with Crippen LogP contribution in [-0.4, -0.2) is 5.78 Å². The predicted molar refractivity (Wildman–Crippen MR) is 83.9 cm³/mol. The van der Waals surface area contributed by atoms with E-state index in [9.17, 15) is 4.79 Å². The lowest BCUT2D eigenvalue weighted by molar-refractivity contribution is 0.0988. The van der Waals surface area contributed by atoms with Gasteiger partial charge in [0.2, 0.25) is 0 Å². The number of ketones is 1. The second-order valence-corrected chi connectivity index (χ2v) is 5.55. The van der Waals surface area contributed by atoms with Gasteiger partial charge in [-0.1, -0.05) is 25.1 Å². The predicted octanol–water partition coefficient (Wildman–Crippen LogP) is 4.35. The van der Waals surface area contributed by atoms with Gasteiger partial charge >= 0.3 is 0 Å². The van der Waals surface area contributed by atoms with Crippen LogP contribution in [0, 0.1) is 0 Å². The highest BCUT2D eigenvalue weighted by molar-refractivity contribution is 5.95. The SMILES string of the molecule is CCC(=O)c1ccc(OCc2ccc3c(c2)CCC3)cc1. The van der Waals surface area contributed by atoms with E-state index < -0.39 is 0 Å². The van der Waals surface area contributed by atoms with Gasteiger partial charge in [-0.3, -0.25) is 4.79 Å². The highest BCUT2D eigenvalue weighted by Crippen LogP contribution is 2.23. The van der Waals surface area contributed by atoms with Gasteiger partial charge in [-0.25, -0.2) is 0 Å². The molecule has 0 saturated carbocycles. The molecule has 0 atom stereocenters. The van der Waals surface area contributed by atoms with Crippen LogP contribution < -0.4 is 4.74 Å². The summed E-state index contributed by atoms with van der Waals surface area (Å²) in [4.78, 5) is 11.6. The van der Waals surface area contributed by atoms with Crippen LogP contribution in [0.2, 0.25) is 0 Å². The highest BCUT2D eigenvalue weighted by Gasteiger charge is 2.11. The summed E-state index contributed by atoms with van der Waals surface area (Å²) in [6, 6.07) is 14.1. The van der Waals surface area contributed by atoms with Crippen molar-refractivity contribution in [3.05, 3.63) is 64.7 Å². The number of fused-ring (bicyclic) bond motifs is 1. The number of Topliss-reactive ketones (excluding diaryl/α,β-unsaturated/α-hetero) is 1. The molecule has 0 bridgehead atoms. The number of hydrogen-bond acceptors (Lipinski definition) is 2. The first kappa shape index (κ1) is 13.9. The zero-order chi connectivity index (χ0) is 14.7. The molecule has 2 nitrogen and oxygen atoms in total. The van der Waals surface area contributed by atoms with Gasteiger partial charge in [-0.2, -0.15) is 0 Å². The molecule has 2 heteroatoms. The maximum atomic E-state index is 11.6. The minimum Gasteiger partial charge on any atom is -0.489 e. The lowest BCUT2D eigenvalue weighted by Crippen LogP contribution is -1.99. The van der Waals surface area contributed by atoms with Gasteiger partial charge in [0.25, 0.3) is 0 Å². The Morgan fingerprint density at radius 3 is 2.57 bits per heavy atom. The van der Waals surface area contributed by atoms with Gasteiger partial charge in [-0.15, -0.1) is 0 Å². The Kier molecular flexibility index (Phi) is 4.05. The number of rotatable bonds is 5. The minimum absolute atomic E-state index is 0.167. The molecule has 0 radical (unpaired) electrons. The van der Waals surface area contributed by atoms with Crippen molar-refractivity contribution in [3.63, 3.8) is 0 Å². The van der Waals surface area contributed by atoms with Crippen LogP contribution >= 0.6 is 0 Å². The monoisotopic (exact) mass is 280 g/mol. The van der Waals surface area contributed by atoms with Crippen molar-refractivity contribution in [2.24, 2.45) is 0 Å². The minimum atomic E-state index is 0.167. The van der Waals surface area contributed by atoms with Gasteiger partial charge in [-0.05, 0) is 60.2 Å².